The zero-order valence-electron chi connectivity index (χ0n) is 11.4. The second-order valence-electron chi connectivity index (χ2n) is 4.15. The smallest absolute Gasteiger partial charge is 0.360 e. The number of aromatic nitrogens is 1. The van der Waals surface area contributed by atoms with E-state index in [4.69, 9.17) is 14.0 Å². The van der Waals surface area contributed by atoms with Crippen LogP contribution in [0.1, 0.15) is 28.7 Å². The summed E-state index contributed by atoms with van der Waals surface area (Å²) in [5, 5.41) is 6.42. The molecule has 0 fully saturated rings. The molecule has 1 aromatic heterocycles. The van der Waals surface area contributed by atoms with E-state index >= 15 is 0 Å². The third-order valence-electron chi connectivity index (χ3n) is 2.60. The maximum atomic E-state index is 11.4. The van der Waals surface area contributed by atoms with Crippen molar-refractivity contribution in [3.63, 3.8) is 0 Å². The van der Waals surface area contributed by atoms with Crippen LogP contribution >= 0.6 is 0 Å². The lowest BCUT2D eigenvalue weighted by atomic mass is 10.2. The Labute approximate surface area is 120 Å². The fraction of sp³-hybridized carbons (Fsp3) is 0.286. The Hall–Kier alpha value is -2.54. The van der Waals surface area contributed by atoms with Gasteiger partial charge in [0, 0.05) is 6.07 Å². The summed E-state index contributed by atoms with van der Waals surface area (Å²) in [5.74, 6) is -0.0892. The van der Waals surface area contributed by atoms with Gasteiger partial charge in [-0.05, 0) is 29.8 Å². The molecule has 110 valence electrons. The number of carbonyl (C=O) groups is 1. The van der Waals surface area contributed by atoms with Gasteiger partial charge in [0.25, 0.3) is 0 Å². The molecule has 0 aliphatic heterocycles. The van der Waals surface area contributed by atoms with Gasteiger partial charge in [-0.2, -0.15) is 0 Å². The second-order valence-corrected chi connectivity index (χ2v) is 4.15. The number of hydrogen-bond acceptors (Lipinski definition) is 7. The first kappa shape index (κ1) is 14.9. The van der Waals surface area contributed by atoms with E-state index in [1.54, 1.807) is 31.2 Å². The zero-order valence-corrected chi connectivity index (χ0v) is 11.4. The number of ether oxygens (including phenoxy) is 2. The maximum Gasteiger partial charge on any atom is 0.360 e. The van der Waals surface area contributed by atoms with Crippen LogP contribution < -0.4 is 0 Å². The van der Waals surface area contributed by atoms with Gasteiger partial charge in [-0.25, -0.2) is 4.79 Å². The van der Waals surface area contributed by atoms with Gasteiger partial charge in [0.05, 0.1) is 13.2 Å². The van der Waals surface area contributed by atoms with Crippen LogP contribution in [-0.2, 0) is 22.7 Å². The topological polar surface area (TPSA) is 91.0 Å². The lowest BCUT2D eigenvalue weighted by molar-refractivity contribution is 0.0513. The Morgan fingerprint density at radius 2 is 2.05 bits per heavy atom. The first-order chi connectivity index (χ1) is 10.2. The lowest BCUT2D eigenvalue weighted by Crippen LogP contribution is -2.04. The van der Waals surface area contributed by atoms with E-state index in [-0.39, 0.29) is 18.9 Å². The summed E-state index contributed by atoms with van der Waals surface area (Å²) < 4.78 is 15.2. The Kier molecular flexibility index (Phi) is 5.16. The van der Waals surface area contributed by atoms with Crippen LogP contribution in [0.25, 0.3) is 0 Å². The second kappa shape index (κ2) is 7.30. The van der Waals surface area contributed by atoms with Crippen molar-refractivity contribution in [1.82, 2.24) is 5.16 Å². The standard InChI is InChI=1S/C14H14N2O5/c1-2-20-14(17)13-7-12(21-16-13)9-19-8-10-3-5-11(15-18)6-4-10/h3-7H,2,8-9H2,1H3. The van der Waals surface area contributed by atoms with Crippen molar-refractivity contribution >= 4 is 11.7 Å². The Balaban J connectivity index is 1.82. The summed E-state index contributed by atoms with van der Waals surface area (Å²) in [6.07, 6.45) is 0. The average Bonchev–Trinajstić information content (AvgIpc) is 2.97. The minimum Gasteiger partial charge on any atom is -0.461 e. The molecule has 0 aliphatic rings. The molecule has 0 N–H and O–H groups in total. The molecule has 21 heavy (non-hydrogen) atoms. The number of nitroso groups, excluding NO2 is 1. The molecular formula is C14H14N2O5. The summed E-state index contributed by atoms with van der Waals surface area (Å²) in [6, 6.07) is 8.21. The summed E-state index contributed by atoms with van der Waals surface area (Å²) >= 11 is 0. The van der Waals surface area contributed by atoms with Crippen LogP contribution in [0.2, 0.25) is 0 Å². The highest BCUT2D eigenvalue weighted by molar-refractivity contribution is 5.87. The highest BCUT2D eigenvalue weighted by Crippen LogP contribution is 2.14. The van der Waals surface area contributed by atoms with E-state index in [1.807, 2.05) is 0 Å². The van der Waals surface area contributed by atoms with Gasteiger partial charge in [0.1, 0.15) is 12.3 Å². The van der Waals surface area contributed by atoms with Gasteiger partial charge < -0.3 is 14.0 Å². The average molecular weight is 290 g/mol. The molecule has 1 heterocycles. The van der Waals surface area contributed by atoms with Crippen LogP contribution in [-0.4, -0.2) is 17.7 Å². The van der Waals surface area contributed by atoms with Crippen LogP contribution in [0.5, 0.6) is 0 Å². The summed E-state index contributed by atoms with van der Waals surface area (Å²) in [6.45, 7) is 2.52. The van der Waals surface area contributed by atoms with Crippen molar-refractivity contribution in [2.75, 3.05) is 6.61 Å². The van der Waals surface area contributed by atoms with Crippen LogP contribution in [0.3, 0.4) is 0 Å². The first-order valence-corrected chi connectivity index (χ1v) is 6.35. The highest BCUT2D eigenvalue weighted by Gasteiger charge is 2.13. The van der Waals surface area contributed by atoms with Crippen molar-refractivity contribution < 1.29 is 18.8 Å². The van der Waals surface area contributed by atoms with E-state index < -0.39 is 5.97 Å². The molecule has 0 spiro atoms. The van der Waals surface area contributed by atoms with Crippen LogP contribution in [0.15, 0.2) is 40.0 Å². The monoisotopic (exact) mass is 290 g/mol. The predicted molar refractivity (Wildman–Crippen MR) is 72.8 cm³/mol. The number of benzene rings is 1. The van der Waals surface area contributed by atoms with E-state index in [0.29, 0.717) is 18.1 Å². The number of carbonyl (C=O) groups excluding carboxylic acids is 1. The molecule has 2 rings (SSSR count). The molecule has 0 aliphatic carbocycles. The molecule has 0 saturated heterocycles. The Morgan fingerprint density at radius 1 is 1.29 bits per heavy atom. The van der Waals surface area contributed by atoms with Crippen molar-refractivity contribution in [1.29, 1.82) is 0 Å². The zero-order chi connectivity index (χ0) is 15.1. The van der Waals surface area contributed by atoms with Gasteiger partial charge in [0.2, 0.25) is 0 Å². The summed E-state index contributed by atoms with van der Waals surface area (Å²) in [5.41, 5.74) is 1.39. The molecule has 7 heteroatoms. The van der Waals surface area contributed by atoms with E-state index in [1.165, 1.54) is 6.07 Å². The highest BCUT2D eigenvalue weighted by atomic mass is 16.5. The predicted octanol–water partition coefficient (Wildman–Crippen LogP) is 2.97. The Bertz CT molecular complexity index is 606. The molecule has 0 atom stereocenters. The minimum atomic E-state index is -0.524. The first-order valence-electron chi connectivity index (χ1n) is 6.35. The molecule has 2 aromatic rings. The fourth-order valence-corrected chi connectivity index (χ4v) is 1.60. The van der Waals surface area contributed by atoms with Crippen molar-refractivity contribution in [2.45, 2.75) is 20.1 Å². The van der Waals surface area contributed by atoms with E-state index in [9.17, 15) is 9.70 Å². The fourth-order valence-electron chi connectivity index (χ4n) is 1.60. The summed E-state index contributed by atoms with van der Waals surface area (Å²) in [4.78, 5) is 21.7. The minimum absolute atomic E-state index is 0.122. The quantitative estimate of drug-likeness (QED) is 0.575. The number of hydrogen-bond donors (Lipinski definition) is 0. The van der Waals surface area contributed by atoms with E-state index in [0.717, 1.165) is 5.56 Å². The maximum absolute atomic E-state index is 11.4. The number of rotatable bonds is 7. The molecule has 0 radical (unpaired) electrons. The van der Waals surface area contributed by atoms with Crippen LogP contribution in [0.4, 0.5) is 5.69 Å². The molecule has 0 saturated carbocycles. The largest absolute Gasteiger partial charge is 0.461 e. The Morgan fingerprint density at radius 3 is 2.71 bits per heavy atom. The SMILES string of the molecule is CCOC(=O)c1cc(COCc2ccc(N=O)cc2)on1. The molecule has 0 amide bonds. The van der Waals surface area contributed by atoms with Gasteiger partial charge >= 0.3 is 5.97 Å². The van der Waals surface area contributed by atoms with Gasteiger partial charge in [-0.1, -0.05) is 17.3 Å². The number of nitrogens with zero attached hydrogens (tertiary/aromatic N) is 2. The molecule has 7 nitrogen and oxygen atoms in total. The molecule has 0 bridgehead atoms. The third-order valence-corrected chi connectivity index (χ3v) is 2.60. The van der Waals surface area contributed by atoms with Gasteiger partial charge in [-0.15, -0.1) is 4.91 Å². The third kappa shape index (κ3) is 4.22. The van der Waals surface area contributed by atoms with Crippen molar-refractivity contribution in [3.05, 3.63) is 52.3 Å². The summed E-state index contributed by atoms with van der Waals surface area (Å²) in [7, 11) is 0. The van der Waals surface area contributed by atoms with Crippen molar-refractivity contribution in [2.24, 2.45) is 5.18 Å². The molecule has 1 aromatic carbocycles. The van der Waals surface area contributed by atoms with Crippen molar-refractivity contribution in [3.8, 4) is 0 Å². The molecular weight excluding hydrogens is 276 g/mol. The van der Waals surface area contributed by atoms with E-state index in [2.05, 4.69) is 10.3 Å². The lowest BCUT2D eigenvalue weighted by Gasteiger charge is -2.01. The van der Waals surface area contributed by atoms with Crippen LogP contribution in [0, 0.1) is 4.91 Å². The van der Waals surface area contributed by atoms with Gasteiger partial charge in [-0.3, -0.25) is 0 Å². The number of esters is 1. The normalized spacial score (nSPS) is 10.3. The van der Waals surface area contributed by atoms with Gasteiger partial charge in [0.15, 0.2) is 11.5 Å². The molecule has 0 unspecified atom stereocenters.